The summed E-state index contributed by atoms with van der Waals surface area (Å²) in [6.45, 7) is 4.12. The van der Waals surface area contributed by atoms with Crippen LogP contribution in [0.2, 0.25) is 0 Å². The van der Waals surface area contributed by atoms with Crippen molar-refractivity contribution in [1.82, 2.24) is 9.55 Å². The van der Waals surface area contributed by atoms with Gasteiger partial charge in [-0.15, -0.1) is 0 Å². The van der Waals surface area contributed by atoms with E-state index in [1.54, 1.807) is 12.1 Å². The second-order valence-corrected chi connectivity index (χ2v) is 9.60. The zero-order chi connectivity index (χ0) is 21.8. The van der Waals surface area contributed by atoms with Crippen LogP contribution in [0.5, 0.6) is 0 Å². The van der Waals surface area contributed by atoms with Crippen molar-refractivity contribution >= 4 is 48.5 Å². The largest absolute Gasteiger partial charge is 0.341 e. The Balaban J connectivity index is 1.92. The van der Waals surface area contributed by atoms with Gasteiger partial charge in [-0.1, -0.05) is 54.1 Å². The third-order valence-electron chi connectivity index (χ3n) is 5.84. The van der Waals surface area contributed by atoms with E-state index in [4.69, 9.17) is 4.98 Å². The van der Waals surface area contributed by atoms with Gasteiger partial charge in [-0.2, -0.15) is 0 Å². The Morgan fingerprint density at radius 1 is 0.903 bits per heavy atom. The molecular weight excluding hydrogens is 406 g/mol. The lowest BCUT2D eigenvalue weighted by molar-refractivity contribution is 0.592. The molecule has 0 atom stereocenters. The van der Waals surface area contributed by atoms with E-state index in [0.29, 0.717) is 12.2 Å². The van der Waals surface area contributed by atoms with Gasteiger partial charge in [0.2, 0.25) is 0 Å². The summed E-state index contributed by atoms with van der Waals surface area (Å²) < 4.78 is 31.1. The van der Waals surface area contributed by atoms with Crippen LogP contribution in [0.1, 0.15) is 12.5 Å². The molecular formula is C25H23N3O2S. The van der Waals surface area contributed by atoms with Crippen molar-refractivity contribution in [2.75, 3.05) is 10.8 Å². The monoisotopic (exact) mass is 429 g/mol. The van der Waals surface area contributed by atoms with Crippen LogP contribution in [0.25, 0.3) is 32.8 Å². The van der Waals surface area contributed by atoms with Crippen molar-refractivity contribution in [3.05, 3.63) is 78.4 Å². The lowest BCUT2D eigenvalue weighted by Gasteiger charge is -2.25. The highest BCUT2D eigenvalue weighted by atomic mass is 32.2. The molecule has 0 bridgehead atoms. The minimum absolute atomic E-state index is 0.285. The number of fused-ring (bicyclic) bond motifs is 4. The molecule has 156 valence electrons. The Morgan fingerprint density at radius 2 is 1.55 bits per heavy atom. The Labute approximate surface area is 181 Å². The van der Waals surface area contributed by atoms with Crippen LogP contribution < -0.4 is 4.31 Å². The second kappa shape index (κ2) is 7.10. The number of benzene rings is 3. The molecule has 5 aromatic rings. The van der Waals surface area contributed by atoms with Crippen LogP contribution in [-0.2, 0) is 17.1 Å². The number of rotatable bonds is 4. The molecule has 5 nitrogen and oxygen atoms in total. The fraction of sp³-hybridized carbons (Fsp3) is 0.160. The fourth-order valence-corrected chi connectivity index (χ4v) is 5.81. The maximum atomic E-state index is 13.8. The van der Waals surface area contributed by atoms with Crippen molar-refractivity contribution in [3.8, 4) is 0 Å². The first-order chi connectivity index (χ1) is 14.9. The van der Waals surface area contributed by atoms with E-state index in [9.17, 15) is 8.42 Å². The maximum Gasteiger partial charge on any atom is 0.264 e. The lowest BCUT2D eigenvalue weighted by atomic mass is 10.1. The summed E-state index contributed by atoms with van der Waals surface area (Å²) in [6, 6.07) is 22.8. The molecule has 0 saturated heterocycles. The highest BCUT2D eigenvalue weighted by molar-refractivity contribution is 7.92. The van der Waals surface area contributed by atoms with Gasteiger partial charge < -0.3 is 4.57 Å². The van der Waals surface area contributed by atoms with E-state index in [1.165, 1.54) is 4.31 Å². The Bertz CT molecular complexity index is 1550. The standard InChI is InChI=1S/C25H23N3O2S/c1-4-28(31(29,30)18-15-13-17(2)14-16-18)24-19-9-5-7-11-21(19)26-23-20-10-6-8-12-22(20)27(3)25(23)24/h5-16H,4H2,1-3H3. The van der Waals surface area contributed by atoms with Crippen LogP contribution in [0.4, 0.5) is 5.69 Å². The summed E-state index contributed by atoms with van der Waals surface area (Å²) in [6.07, 6.45) is 0. The van der Waals surface area contributed by atoms with Gasteiger partial charge in [-0.3, -0.25) is 4.31 Å². The molecule has 0 saturated carbocycles. The number of pyridine rings is 1. The van der Waals surface area contributed by atoms with Crippen molar-refractivity contribution in [2.45, 2.75) is 18.7 Å². The molecule has 0 fully saturated rings. The summed E-state index contributed by atoms with van der Waals surface area (Å²) in [5.41, 5.74) is 5.11. The molecule has 0 aliphatic carbocycles. The van der Waals surface area contributed by atoms with Gasteiger partial charge in [-0.05, 0) is 38.1 Å². The van der Waals surface area contributed by atoms with Gasteiger partial charge in [0, 0.05) is 24.4 Å². The normalized spacial score (nSPS) is 12.1. The van der Waals surface area contributed by atoms with Crippen LogP contribution in [-0.4, -0.2) is 24.5 Å². The van der Waals surface area contributed by atoms with Gasteiger partial charge >= 0.3 is 0 Å². The third kappa shape index (κ3) is 2.90. The summed E-state index contributed by atoms with van der Waals surface area (Å²) in [5.74, 6) is 0. The van der Waals surface area contributed by atoms with Gasteiger partial charge in [0.1, 0.15) is 0 Å². The minimum Gasteiger partial charge on any atom is -0.341 e. The SMILES string of the molecule is CCN(c1c2ccccc2nc2c3ccccc3n(C)c12)S(=O)(=O)c1ccc(C)cc1. The van der Waals surface area contributed by atoms with Gasteiger partial charge in [0.05, 0.1) is 32.6 Å². The highest BCUT2D eigenvalue weighted by Gasteiger charge is 2.29. The average molecular weight is 430 g/mol. The van der Waals surface area contributed by atoms with Crippen molar-refractivity contribution in [1.29, 1.82) is 0 Å². The first kappa shape index (κ1) is 19.6. The van der Waals surface area contributed by atoms with E-state index in [0.717, 1.165) is 38.4 Å². The first-order valence-corrected chi connectivity index (χ1v) is 11.7. The van der Waals surface area contributed by atoms with E-state index in [-0.39, 0.29) is 4.90 Å². The second-order valence-electron chi connectivity index (χ2n) is 7.73. The summed E-state index contributed by atoms with van der Waals surface area (Å²) >= 11 is 0. The van der Waals surface area contributed by atoms with E-state index < -0.39 is 10.0 Å². The van der Waals surface area contributed by atoms with Crippen LogP contribution >= 0.6 is 0 Å². The van der Waals surface area contributed by atoms with Crippen molar-refractivity contribution in [3.63, 3.8) is 0 Å². The smallest absolute Gasteiger partial charge is 0.264 e. The first-order valence-electron chi connectivity index (χ1n) is 10.3. The molecule has 5 rings (SSSR count). The number of aryl methyl sites for hydroxylation is 2. The van der Waals surface area contributed by atoms with E-state index >= 15 is 0 Å². The molecule has 31 heavy (non-hydrogen) atoms. The molecule has 0 radical (unpaired) electrons. The van der Waals surface area contributed by atoms with Gasteiger partial charge in [-0.25, -0.2) is 13.4 Å². The summed E-state index contributed by atoms with van der Waals surface area (Å²) in [7, 11) is -1.80. The number of para-hydroxylation sites is 2. The number of hydrogen-bond acceptors (Lipinski definition) is 3. The molecule has 0 spiro atoms. The summed E-state index contributed by atoms with van der Waals surface area (Å²) in [5, 5.41) is 1.83. The predicted octanol–water partition coefficient (Wildman–Crippen LogP) is 5.40. The molecule has 2 heterocycles. The highest BCUT2D eigenvalue weighted by Crippen LogP contribution is 2.40. The van der Waals surface area contributed by atoms with Crippen LogP contribution in [0, 0.1) is 6.92 Å². The van der Waals surface area contributed by atoms with E-state index in [1.807, 2.05) is 86.1 Å². The number of hydrogen-bond donors (Lipinski definition) is 0. The van der Waals surface area contributed by atoms with Gasteiger partial charge in [0.25, 0.3) is 10.0 Å². The van der Waals surface area contributed by atoms with Crippen LogP contribution in [0.15, 0.2) is 77.7 Å². The summed E-state index contributed by atoms with van der Waals surface area (Å²) in [4.78, 5) is 5.21. The number of anilines is 1. The molecule has 2 aromatic heterocycles. The molecule has 6 heteroatoms. The third-order valence-corrected chi connectivity index (χ3v) is 7.73. The quantitative estimate of drug-likeness (QED) is 0.384. The molecule has 0 unspecified atom stereocenters. The molecule has 0 aliphatic rings. The maximum absolute atomic E-state index is 13.8. The molecule has 0 aliphatic heterocycles. The topological polar surface area (TPSA) is 55.2 Å². The number of aromatic nitrogens is 2. The van der Waals surface area contributed by atoms with Crippen molar-refractivity contribution in [2.24, 2.45) is 7.05 Å². The fourth-order valence-electron chi connectivity index (χ4n) is 4.31. The lowest BCUT2D eigenvalue weighted by Crippen LogP contribution is -2.31. The molecule has 0 amide bonds. The Hall–Kier alpha value is -3.38. The molecule has 3 aromatic carbocycles. The zero-order valence-electron chi connectivity index (χ0n) is 17.7. The van der Waals surface area contributed by atoms with Crippen molar-refractivity contribution < 1.29 is 8.42 Å². The molecule has 0 N–H and O–H groups in total. The Kier molecular flexibility index (Phi) is 4.48. The number of sulfonamides is 1. The minimum atomic E-state index is -3.77. The van der Waals surface area contributed by atoms with Crippen LogP contribution in [0.3, 0.4) is 0 Å². The van der Waals surface area contributed by atoms with Gasteiger partial charge in [0.15, 0.2) is 0 Å². The Morgan fingerprint density at radius 3 is 2.26 bits per heavy atom. The number of nitrogens with zero attached hydrogens (tertiary/aromatic N) is 3. The van der Waals surface area contributed by atoms with E-state index in [2.05, 4.69) is 0 Å². The predicted molar refractivity (Wildman–Crippen MR) is 127 cm³/mol. The average Bonchev–Trinajstić information content (AvgIpc) is 3.06. The zero-order valence-corrected chi connectivity index (χ0v) is 18.5.